The molecular formula is C31H28F2N6O2. The Labute approximate surface area is 235 Å². The molecule has 1 aliphatic carbocycles. The molecule has 2 aromatic heterocycles. The molecule has 0 bridgehead atoms. The fourth-order valence-corrected chi connectivity index (χ4v) is 5.66. The van der Waals surface area contributed by atoms with Crippen LogP contribution in [0.4, 0.5) is 14.6 Å². The summed E-state index contributed by atoms with van der Waals surface area (Å²) in [5, 5.41) is 10.3. The van der Waals surface area contributed by atoms with E-state index in [4.69, 9.17) is 10.5 Å². The second-order valence-electron chi connectivity index (χ2n) is 10.6. The molecule has 1 saturated carbocycles. The zero-order chi connectivity index (χ0) is 28.7. The Bertz CT molecular complexity index is 1700. The van der Waals surface area contributed by atoms with Crippen LogP contribution in [-0.4, -0.2) is 38.4 Å². The van der Waals surface area contributed by atoms with Crippen molar-refractivity contribution < 1.29 is 18.3 Å². The second-order valence-corrected chi connectivity index (χ2v) is 10.6. The number of hydrogen-bond acceptors (Lipinski definition) is 6. The van der Waals surface area contributed by atoms with E-state index in [2.05, 4.69) is 20.6 Å². The predicted octanol–water partition coefficient (Wildman–Crippen LogP) is 6.08. The molecule has 2 aliphatic rings. The van der Waals surface area contributed by atoms with E-state index in [1.54, 1.807) is 17.0 Å². The molecule has 1 aliphatic heterocycles. The topological polar surface area (TPSA) is 110 Å². The fourth-order valence-electron chi connectivity index (χ4n) is 5.66. The maximum atomic E-state index is 13.6. The number of hydrogen-bond donors (Lipinski definition) is 1. The van der Waals surface area contributed by atoms with Crippen LogP contribution in [-0.2, 0) is 4.79 Å². The molecule has 2 fully saturated rings. The number of ether oxygens (including phenoxy) is 1. The van der Waals surface area contributed by atoms with Crippen molar-refractivity contribution in [1.29, 1.82) is 5.26 Å². The molecule has 3 heterocycles. The Balaban J connectivity index is 1.33. The zero-order valence-corrected chi connectivity index (χ0v) is 22.5. The highest BCUT2D eigenvalue weighted by molar-refractivity contribution is 6.02. The smallest absolute Gasteiger partial charge is 0.264 e. The van der Waals surface area contributed by atoms with Crippen LogP contribution in [0, 0.1) is 35.8 Å². The lowest BCUT2D eigenvalue weighted by Gasteiger charge is -2.34. The summed E-state index contributed by atoms with van der Waals surface area (Å²) < 4.78 is 35.0. The molecule has 0 spiro atoms. The average molecular weight is 555 g/mol. The van der Waals surface area contributed by atoms with E-state index in [-0.39, 0.29) is 23.3 Å². The third kappa shape index (κ3) is 5.23. The lowest BCUT2D eigenvalue weighted by Crippen LogP contribution is -2.41. The molecule has 4 aromatic rings. The monoisotopic (exact) mass is 554 g/mol. The van der Waals surface area contributed by atoms with Crippen molar-refractivity contribution in [3.05, 3.63) is 77.8 Å². The van der Waals surface area contributed by atoms with Gasteiger partial charge in [-0.25, -0.2) is 18.7 Å². The minimum absolute atomic E-state index is 0.0589. The van der Waals surface area contributed by atoms with E-state index in [0.717, 1.165) is 60.7 Å². The summed E-state index contributed by atoms with van der Waals surface area (Å²) in [6.45, 7) is 3.04. The summed E-state index contributed by atoms with van der Waals surface area (Å²) in [5.41, 5.74) is 9.90. The summed E-state index contributed by atoms with van der Waals surface area (Å²) in [7, 11) is 0. The number of halogens is 2. The average Bonchev–Trinajstić information content (AvgIpc) is 3.72. The fraction of sp³-hybridized carbons (Fsp3) is 0.290. The number of aromatic nitrogens is 3. The number of nitrogens with two attached hydrogens (primary N) is 1. The summed E-state index contributed by atoms with van der Waals surface area (Å²) in [5.74, 6) is -0.518. The van der Waals surface area contributed by atoms with Crippen LogP contribution in [0.1, 0.15) is 37.4 Å². The van der Waals surface area contributed by atoms with Crippen LogP contribution in [0.2, 0.25) is 0 Å². The van der Waals surface area contributed by atoms with Gasteiger partial charge >= 0.3 is 0 Å². The van der Waals surface area contributed by atoms with Crippen molar-refractivity contribution >= 4 is 22.8 Å². The van der Waals surface area contributed by atoms with E-state index >= 15 is 0 Å². The number of carbonyl (C=O) groups is 1. The van der Waals surface area contributed by atoms with Crippen LogP contribution >= 0.6 is 0 Å². The van der Waals surface area contributed by atoms with E-state index < -0.39 is 11.6 Å². The Hall–Kier alpha value is -4.78. The van der Waals surface area contributed by atoms with Gasteiger partial charge in [0.05, 0.1) is 11.4 Å². The molecule has 2 N–H and O–H groups in total. The standard InChI is InChI=1S/C31H28F2N6O2/c1-18-27(20-6-8-25(9-7-20)41-26-13-22(32)12-23(33)14-26)28-29(35)36-17-37-30(28)39(18)24-3-2-10-38(16-24)31(40)21(15-34)11-19-4-5-19/h6-9,11-14,17,19,24H,2-5,10,16H2,1H3,(H2,35,36,37)/t24-/m0/s1. The predicted molar refractivity (Wildman–Crippen MR) is 150 cm³/mol. The third-order valence-corrected chi connectivity index (χ3v) is 7.70. The number of allylic oxidation sites excluding steroid dienone is 1. The van der Waals surface area contributed by atoms with Crippen LogP contribution in [0.3, 0.4) is 0 Å². The van der Waals surface area contributed by atoms with Crippen molar-refractivity contribution in [1.82, 2.24) is 19.4 Å². The highest BCUT2D eigenvalue weighted by atomic mass is 19.1. The van der Waals surface area contributed by atoms with Gasteiger partial charge in [-0.2, -0.15) is 5.26 Å². The van der Waals surface area contributed by atoms with Gasteiger partial charge in [0.15, 0.2) is 0 Å². The van der Waals surface area contributed by atoms with Gasteiger partial charge in [0.25, 0.3) is 5.91 Å². The lowest BCUT2D eigenvalue weighted by atomic mass is 10.0. The minimum atomic E-state index is -0.721. The van der Waals surface area contributed by atoms with Gasteiger partial charge < -0.3 is 19.9 Å². The number of amides is 1. The zero-order valence-electron chi connectivity index (χ0n) is 22.5. The molecule has 10 heteroatoms. The number of anilines is 1. The van der Waals surface area contributed by atoms with Gasteiger partial charge in [0, 0.05) is 42.5 Å². The van der Waals surface area contributed by atoms with Crippen molar-refractivity contribution in [3.8, 4) is 28.7 Å². The third-order valence-electron chi connectivity index (χ3n) is 7.70. The van der Waals surface area contributed by atoms with Crippen LogP contribution < -0.4 is 10.5 Å². The van der Waals surface area contributed by atoms with E-state index in [1.165, 1.54) is 6.33 Å². The first-order chi connectivity index (χ1) is 19.8. The first-order valence-corrected chi connectivity index (χ1v) is 13.6. The first-order valence-electron chi connectivity index (χ1n) is 13.6. The van der Waals surface area contributed by atoms with Crippen molar-refractivity contribution in [3.63, 3.8) is 0 Å². The highest BCUT2D eigenvalue weighted by Crippen LogP contribution is 2.40. The number of benzene rings is 2. The van der Waals surface area contributed by atoms with Crippen molar-refractivity contribution in [2.75, 3.05) is 18.8 Å². The van der Waals surface area contributed by atoms with E-state index in [1.807, 2.05) is 25.1 Å². The molecule has 8 nitrogen and oxygen atoms in total. The Morgan fingerprint density at radius 1 is 1.10 bits per heavy atom. The second kappa shape index (κ2) is 10.7. The Kier molecular flexibility index (Phi) is 6.87. The normalized spacial score (nSPS) is 17.5. The molecule has 0 radical (unpaired) electrons. The number of likely N-dealkylation sites (tertiary alicyclic amines) is 1. The highest BCUT2D eigenvalue weighted by Gasteiger charge is 2.31. The van der Waals surface area contributed by atoms with E-state index in [0.29, 0.717) is 41.6 Å². The van der Waals surface area contributed by atoms with Crippen LogP contribution in [0.15, 0.2) is 60.4 Å². The first kappa shape index (κ1) is 26.4. The number of nitrogen functional groups attached to an aromatic ring is 1. The number of nitriles is 1. The summed E-state index contributed by atoms with van der Waals surface area (Å²) in [6, 6.07) is 12.2. The maximum Gasteiger partial charge on any atom is 0.264 e. The Morgan fingerprint density at radius 3 is 2.51 bits per heavy atom. The summed E-state index contributed by atoms with van der Waals surface area (Å²) in [4.78, 5) is 23.8. The van der Waals surface area contributed by atoms with Crippen molar-refractivity contribution in [2.45, 2.75) is 38.6 Å². The number of carbonyl (C=O) groups excluding carboxylic acids is 1. The molecule has 2 aromatic carbocycles. The van der Waals surface area contributed by atoms with Gasteiger partial charge in [0.2, 0.25) is 0 Å². The summed E-state index contributed by atoms with van der Waals surface area (Å²) >= 11 is 0. The molecule has 1 saturated heterocycles. The maximum absolute atomic E-state index is 13.6. The SMILES string of the molecule is Cc1c(-c2ccc(Oc3cc(F)cc(F)c3)cc2)c2c(N)ncnc2n1[C@H]1CCCN(C(=O)C(C#N)=CC2CC2)C1. The number of piperidine rings is 1. The van der Waals surface area contributed by atoms with Gasteiger partial charge in [-0.3, -0.25) is 4.79 Å². The minimum Gasteiger partial charge on any atom is -0.457 e. The summed E-state index contributed by atoms with van der Waals surface area (Å²) in [6.07, 6.45) is 6.92. The Morgan fingerprint density at radius 2 is 1.83 bits per heavy atom. The van der Waals surface area contributed by atoms with Gasteiger partial charge in [0.1, 0.15) is 52.6 Å². The van der Waals surface area contributed by atoms with Gasteiger partial charge in [-0.1, -0.05) is 18.2 Å². The molecule has 1 amide bonds. The van der Waals surface area contributed by atoms with Crippen LogP contribution in [0.5, 0.6) is 11.5 Å². The molecule has 1 atom stereocenters. The quantitative estimate of drug-likeness (QED) is 0.228. The van der Waals surface area contributed by atoms with Gasteiger partial charge in [-0.15, -0.1) is 0 Å². The molecule has 0 unspecified atom stereocenters. The molecule has 208 valence electrons. The lowest BCUT2D eigenvalue weighted by molar-refractivity contribution is -0.128. The largest absolute Gasteiger partial charge is 0.457 e. The van der Waals surface area contributed by atoms with Gasteiger partial charge in [-0.05, 0) is 56.2 Å². The number of rotatable bonds is 6. The molecular weight excluding hydrogens is 526 g/mol. The van der Waals surface area contributed by atoms with Crippen molar-refractivity contribution in [2.24, 2.45) is 5.92 Å². The van der Waals surface area contributed by atoms with E-state index in [9.17, 15) is 18.8 Å². The number of fused-ring (bicyclic) bond motifs is 1. The molecule has 41 heavy (non-hydrogen) atoms. The molecule has 6 rings (SSSR count). The number of nitrogens with zero attached hydrogens (tertiary/aromatic N) is 5. The van der Waals surface area contributed by atoms with Crippen LogP contribution in [0.25, 0.3) is 22.2 Å².